The lowest BCUT2D eigenvalue weighted by Crippen LogP contribution is -2.43. The van der Waals surface area contributed by atoms with Gasteiger partial charge in [-0.3, -0.25) is 9.59 Å². The maximum Gasteiger partial charge on any atom is 0.307 e. The molecule has 120 valence electrons. The number of hydrogen-bond acceptors (Lipinski definition) is 4. The zero-order chi connectivity index (χ0) is 16.0. The molecule has 0 radical (unpaired) electrons. The molecular weight excluding hydrogens is 296 g/mol. The Morgan fingerprint density at radius 2 is 1.95 bits per heavy atom. The van der Waals surface area contributed by atoms with Crippen molar-refractivity contribution < 1.29 is 23.1 Å². The molecule has 2 N–H and O–H groups in total. The molecule has 0 bridgehead atoms. The average Bonchev–Trinajstić information content (AvgIpc) is 2.72. The summed E-state index contributed by atoms with van der Waals surface area (Å²) < 4.78 is 24.6. The fourth-order valence-electron chi connectivity index (χ4n) is 3.37. The van der Waals surface area contributed by atoms with E-state index in [0.717, 1.165) is 12.7 Å². The Balaban J connectivity index is 1.92. The van der Waals surface area contributed by atoms with E-state index in [9.17, 15) is 18.0 Å². The molecule has 1 saturated carbocycles. The van der Waals surface area contributed by atoms with Gasteiger partial charge in [0.2, 0.25) is 15.9 Å². The Bertz CT molecular complexity index is 557. The Labute approximate surface area is 124 Å². The van der Waals surface area contributed by atoms with Gasteiger partial charge in [0, 0.05) is 19.1 Å². The van der Waals surface area contributed by atoms with E-state index in [0.29, 0.717) is 13.0 Å². The normalized spacial score (nSPS) is 31.9. The predicted molar refractivity (Wildman–Crippen MR) is 76.0 cm³/mol. The lowest BCUT2D eigenvalue weighted by molar-refractivity contribution is -0.140. The molecule has 1 saturated heterocycles. The third kappa shape index (κ3) is 3.06. The van der Waals surface area contributed by atoms with Gasteiger partial charge in [-0.15, -0.1) is 0 Å². The standard InChI is InChI=1S/C13H22N2O5S/c1-13(2)9(10(13)12(17)18)11(16)14-7-8-5-4-6-15(8)21(3,19)20/h8-10H,4-7H2,1-3H3,(H,14,16)(H,17,18)/t8-,9-,10+/m1/s1. The van der Waals surface area contributed by atoms with Crippen LogP contribution in [0.1, 0.15) is 26.7 Å². The number of sulfonamides is 1. The van der Waals surface area contributed by atoms with Gasteiger partial charge in [-0.05, 0) is 18.3 Å². The quantitative estimate of drug-likeness (QED) is 0.736. The van der Waals surface area contributed by atoms with Crippen LogP contribution in [0, 0.1) is 17.3 Å². The molecule has 1 heterocycles. The van der Waals surface area contributed by atoms with E-state index < -0.39 is 33.2 Å². The molecule has 7 nitrogen and oxygen atoms in total. The molecule has 0 aromatic carbocycles. The van der Waals surface area contributed by atoms with Crippen LogP contribution < -0.4 is 5.32 Å². The molecule has 0 aromatic heterocycles. The second-order valence-electron chi connectivity index (χ2n) is 6.53. The maximum atomic E-state index is 12.1. The number of carbonyl (C=O) groups is 2. The highest BCUT2D eigenvalue weighted by molar-refractivity contribution is 7.88. The molecule has 1 aliphatic heterocycles. The highest BCUT2D eigenvalue weighted by atomic mass is 32.2. The zero-order valence-electron chi connectivity index (χ0n) is 12.5. The molecular formula is C13H22N2O5S. The zero-order valence-corrected chi connectivity index (χ0v) is 13.3. The van der Waals surface area contributed by atoms with E-state index in [1.54, 1.807) is 13.8 Å². The van der Waals surface area contributed by atoms with Crippen molar-refractivity contribution in [2.24, 2.45) is 17.3 Å². The summed E-state index contributed by atoms with van der Waals surface area (Å²) in [6.45, 7) is 4.24. The van der Waals surface area contributed by atoms with Gasteiger partial charge in [-0.1, -0.05) is 13.8 Å². The number of nitrogens with zero attached hydrogens (tertiary/aromatic N) is 1. The van der Waals surface area contributed by atoms with Gasteiger partial charge >= 0.3 is 5.97 Å². The SMILES string of the molecule is CC1(C)[C@H](C(=O)O)[C@@H]1C(=O)NC[C@H]1CCCN1S(C)(=O)=O. The highest BCUT2D eigenvalue weighted by Crippen LogP contribution is 2.58. The van der Waals surface area contributed by atoms with E-state index in [1.807, 2.05) is 0 Å². The first-order chi connectivity index (χ1) is 9.56. The fraction of sp³-hybridized carbons (Fsp3) is 0.846. The summed E-state index contributed by atoms with van der Waals surface area (Å²) in [6, 6.07) is -0.228. The Kier molecular flexibility index (Phi) is 4.05. The molecule has 0 spiro atoms. The Hall–Kier alpha value is -1.15. The van der Waals surface area contributed by atoms with Crippen molar-refractivity contribution in [3.63, 3.8) is 0 Å². The van der Waals surface area contributed by atoms with Gasteiger partial charge < -0.3 is 10.4 Å². The Morgan fingerprint density at radius 3 is 2.43 bits per heavy atom. The first-order valence-electron chi connectivity index (χ1n) is 7.04. The van der Waals surface area contributed by atoms with Crippen molar-refractivity contribution in [1.29, 1.82) is 0 Å². The van der Waals surface area contributed by atoms with Crippen LogP contribution in [0.5, 0.6) is 0 Å². The summed E-state index contributed by atoms with van der Waals surface area (Å²) in [7, 11) is -3.26. The van der Waals surface area contributed by atoms with Crippen LogP contribution in [0.15, 0.2) is 0 Å². The fourth-order valence-corrected chi connectivity index (χ4v) is 4.55. The number of hydrogen-bond donors (Lipinski definition) is 2. The molecule has 2 fully saturated rings. The minimum atomic E-state index is -3.26. The van der Waals surface area contributed by atoms with Gasteiger partial charge in [-0.2, -0.15) is 4.31 Å². The second-order valence-corrected chi connectivity index (χ2v) is 8.46. The van der Waals surface area contributed by atoms with E-state index in [4.69, 9.17) is 5.11 Å². The van der Waals surface area contributed by atoms with Crippen molar-refractivity contribution in [1.82, 2.24) is 9.62 Å². The molecule has 2 aliphatic rings. The topological polar surface area (TPSA) is 104 Å². The first-order valence-corrected chi connectivity index (χ1v) is 8.89. The van der Waals surface area contributed by atoms with Crippen molar-refractivity contribution in [2.75, 3.05) is 19.3 Å². The number of carboxylic acids is 1. The van der Waals surface area contributed by atoms with Gasteiger partial charge in [-0.25, -0.2) is 8.42 Å². The maximum absolute atomic E-state index is 12.1. The monoisotopic (exact) mass is 318 g/mol. The lowest BCUT2D eigenvalue weighted by atomic mass is 10.1. The second kappa shape index (κ2) is 5.24. The third-order valence-corrected chi connectivity index (χ3v) is 5.97. The van der Waals surface area contributed by atoms with Crippen LogP contribution in [0.4, 0.5) is 0 Å². The molecule has 2 rings (SSSR count). The van der Waals surface area contributed by atoms with Crippen molar-refractivity contribution in [3.05, 3.63) is 0 Å². The molecule has 1 amide bonds. The van der Waals surface area contributed by atoms with Crippen LogP contribution in [0.25, 0.3) is 0 Å². The van der Waals surface area contributed by atoms with E-state index in [-0.39, 0.29) is 18.5 Å². The number of carboxylic acid groups (broad SMARTS) is 1. The molecule has 1 aliphatic carbocycles. The number of nitrogens with one attached hydrogen (secondary N) is 1. The smallest absolute Gasteiger partial charge is 0.307 e. The summed E-state index contributed by atoms with van der Waals surface area (Å²) in [5.74, 6) is -2.46. The summed E-state index contributed by atoms with van der Waals surface area (Å²) >= 11 is 0. The van der Waals surface area contributed by atoms with Crippen LogP contribution in [-0.4, -0.2) is 55.1 Å². The van der Waals surface area contributed by atoms with Gasteiger partial charge in [0.25, 0.3) is 0 Å². The van der Waals surface area contributed by atoms with Gasteiger partial charge in [0.05, 0.1) is 18.1 Å². The van der Waals surface area contributed by atoms with Crippen molar-refractivity contribution >= 4 is 21.9 Å². The summed E-state index contributed by atoms with van der Waals surface area (Å²) in [4.78, 5) is 23.2. The predicted octanol–water partition coefficient (Wildman–Crippen LogP) is -0.117. The number of carbonyl (C=O) groups excluding carboxylic acids is 1. The van der Waals surface area contributed by atoms with Crippen LogP contribution in [0.3, 0.4) is 0 Å². The molecule has 3 atom stereocenters. The van der Waals surface area contributed by atoms with E-state index in [1.165, 1.54) is 4.31 Å². The molecule has 21 heavy (non-hydrogen) atoms. The van der Waals surface area contributed by atoms with Crippen LogP contribution in [-0.2, 0) is 19.6 Å². The summed E-state index contributed by atoms with van der Waals surface area (Å²) in [6.07, 6.45) is 2.65. The van der Waals surface area contributed by atoms with Gasteiger partial charge in [0.1, 0.15) is 0 Å². The van der Waals surface area contributed by atoms with Crippen LogP contribution in [0.2, 0.25) is 0 Å². The van der Waals surface area contributed by atoms with Crippen LogP contribution >= 0.6 is 0 Å². The number of amides is 1. The molecule has 0 aromatic rings. The molecule has 8 heteroatoms. The van der Waals surface area contributed by atoms with Crippen molar-refractivity contribution in [3.8, 4) is 0 Å². The average molecular weight is 318 g/mol. The number of aliphatic carboxylic acids is 1. The summed E-state index contributed by atoms with van der Waals surface area (Å²) in [5, 5.41) is 11.8. The minimum absolute atomic E-state index is 0.228. The number of rotatable bonds is 5. The third-order valence-electron chi connectivity index (χ3n) is 4.64. The summed E-state index contributed by atoms with van der Waals surface area (Å²) in [5.41, 5.74) is -0.540. The Morgan fingerprint density at radius 1 is 1.33 bits per heavy atom. The van der Waals surface area contributed by atoms with Crippen molar-refractivity contribution in [2.45, 2.75) is 32.7 Å². The molecule has 0 unspecified atom stereocenters. The first kappa shape index (κ1) is 16.2. The van der Waals surface area contributed by atoms with E-state index in [2.05, 4.69) is 5.32 Å². The van der Waals surface area contributed by atoms with E-state index >= 15 is 0 Å². The minimum Gasteiger partial charge on any atom is -0.481 e. The van der Waals surface area contributed by atoms with Gasteiger partial charge in [0.15, 0.2) is 0 Å². The largest absolute Gasteiger partial charge is 0.481 e. The lowest BCUT2D eigenvalue weighted by Gasteiger charge is -2.22. The highest BCUT2D eigenvalue weighted by Gasteiger charge is 2.65.